The van der Waals surface area contributed by atoms with Gasteiger partial charge >= 0.3 is 0 Å². The highest BCUT2D eigenvalue weighted by Gasteiger charge is 2.29. The van der Waals surface area contributed by atoms with Crippen LogP contribution in [0.1, 0.15) is 60.0 Å². The molecular formula is C25H28N4O2. The molecule has 2 aliphatic rings. The first-order chi connectivity index (χ1) is 15.3. The van der Waals surface area contributed by atoms with Crippen molar-refractivity contribution in [3.8, 4) is 11.5 Å². The Bertz CT molecular complexity index is 1030. The van der Waals surface area contributed by atoms with Crippen molar-refractivity contribution in [2.75, 3.05) is 13.1 Å². The van der Waals surface area contributed by atoms with Gasteiger partial charge in [0.1, 0.15) is 23.1 Å². The van der Waals surface area contributed by atoms with E-state index in [4.69, 9.17) is 4.74 Å². The molecule has 1 saturated heterocycles. The van der Waals surface area contributed by atoms with Gasteiger partial charge in [0.05, 0.1) is 0 Å². The summed E-state index contributed by atoms with van der Waals surface area (Å²) in [6.07, 6.45) is 6.70. The summed E-state index contributed by atoms with van der Waals surface area (Å²) in [6.45, 7) is 2.50. The van der Waals surface area contributed by atoms with Crippen LogP contribution in [0.4, 0.5) is 0 Å². The van der Waals surface area contributed by atoms with Crippen LogP contribution in [-0.4, -0.2) is 38.7 Å². The Balaban J connectivity index is 1.27. The van der Waals surface area contributed by atoms with E-state index < -0.39 is 0 Å². The number of rotatable bonds is 4. The van der Waals surface area contributed by atoms with Crippen molar-refractivity contribution in [3.63, 3.8) is 0 Å². The number of para-hydroxylation sites is 1. The zero-order valence-corrected chi connectivity index (χ0v) is 17.7. The van der Waals surface area contributed by atoms with Gasteiger partial charge in [-0.05, 0) is 62.1 Å². The summed E-state index contributed by atoms with van der Waals surface area (Å²) >= 11 is 0. The van der Waals surface area contributed by atoms with Crippen molar-refractivity contribution in [2.24, 2.45) is 0 Å². The van der Waals surface area contributed by atoms with Crippen LogP contribution in [0, 0.1) is 0 Å². The molecule has 1 atom stereocenters. The van der Waals surface area contributed by atoms with Gasteiger partial charge < -0.3 is 14.2 Å². The number of amides is 1. The molecule has 2 aliphatic heterocycles. The zero-order chi connectivity index (χ0) is 21.0. The normalized spacial score (nSPS) is 18.8. The maximum absolute atomic E-state index is 13.2. The molecule has 0 saturated carbocycles. The van der Waals surface area contributed by atoms with Crippen LogP contribution in [0.25, 0.3) is 0 Å². The number of aryl methyl sites for hydroxylation is 1. The summed E-state index contributed by atoms with van der Waals surface area (Å²) in [7, 11) is 0. The first-order valence-electron chi connectivity index (χ1n) is 11.3. The lowest BCUT2D eigenvalue weighted by molar-refractivity contribution is 0.0703. The Morgan fingerprint density at radius 1 is 0.871 bits per heavy atom. The molecule has 1 amide bonds. The molecule has 6 nitrogen and oxygen atoms in total. The minimum Gasteiger partial charge on any atom is -0.457 e. The quantitative estimate of drug-likeness (QED) is 0.612. The van der Waals surface area contributed by atoms with Crippen molar-refractivity contribution < 1.29 is 9.53 Å². The molecular weight excluding hydrogens is 388 g/mol. The SMILES string of the molecule is O=C(c1ccc(Oc2ccccc2)cc1)N1CCCC(c2nnc3n2CCCCC3)C1. The van der Waals surface area contributed by atoms with Crippen LogP contribution in [0.3, 0.4) is 0 Å². The third-order valence-electron chi connectivity index (χ3n) is 6.29. The maximum atomic E-state index is 13.2. The lowest BCUT2D eigenvalue weighted by Crippen LogP contribution is -2.39. The average molecular weight is 417 g/mol. The topological polar surface area (TPSA) is 60.2 Å². The summed E-state index contributed by atoms with van der Waals surface area (Å²) in [4.78, 5) is 15.1. The van der Waals surface area contributed by atoms with Crippen LogP contribution in [0.5, 0.6) is 11.5 Å². The van der Waals surface area contributed by atoms with Gasteiger partial charge in [0.2, 0.25) is 0 Å². The molecule has 31 heavy (non-hydrogen) atoms. The number of carbonyl (C=O) groups is 1. The first kappa shape index (κ1) is 19.8. The molecule has 2 aromatic carbocycles. The number of aromatic nitrogens is 3. The number of likely N-dealkylation sites (tertiary alicyclic amines) is 1. The van der Waals surface area contributed by atoms with E-state index in [0.29, 0.717) is 12.1 Å². The lowest BCUT2D eigenvalue weighted by Gasteiger charge is -2.32. The molecule has 0 radical (unpaired) electrons. The highest BCUT2D eigenvalue weighted by Crippen LogP contribution is 2.29. The number of carbonyl (C=O) groups excluding carboxylic acids is 1. The minimum atomic E-state index is 0.0755. The van der Waals surface area contributed by atoms with E-state index in [9.17, 15) is 4.79 Å². The third kappa shape index (κ3) is 4.33. The highest BCUT2D eigenvalue weighted by molar-refractivity contribution is 5.94. The van der Waals surface area contributed by atoms with E-state index in [-0.39, 0.29) is 11.8 Å². The van der Waals surface area contributed by atoms with Gasteiger partial charge in [0, 0.05) is 37.5 Å². The second kappa shape index (κ2) is 8.92. The van der Waals surface area contributed by atoms with Crippen LogP contribution < -0.4 is 4.74 Å². The van der Waals surface area contributed by atoms with E-state index >= 15 is 0 Å². The monoisotopic (exact) mass is 416 g/mol. The summed E-state index contributed by atoms with van der Waals surface area (Å²) in [5.74, 6) is 4.04. The van der Waals surface area contributed by atoms with Gasteiger partial charge in [-0.1, -0.05) is 24.6 Å². The fraction of sp³-hybridized carbons (Fsp3) is 0.400. The molecule has 1 fully saturated rings. The van der Waals surface area contributed by atoms with E-state index in [1.807, 2.05) is 59.5 Å². The number of nitrogens with zero attached hydrogens (tertiary/aromatic N) is 4. The molecule has 0 N–H and O–H groups in total. The van der Waals surface area contributed by atoms with Gasteiger partial charge in [0.25, 0.3) is 5.91 Å². The predicted molar refractivity (Wildman–Crippen MR) is 118 cm³/mol. The summed E-state index contributed by atoms with van der Waals surface area (Å²) in [5.41, 5.74) is 0.695. The number of benzene rings is 2. The molecule has 0 bridgehead atoms. The molecule has 160 valence electrons. The first-order valence-corrected chi connectivity index (χ1v) is 11.3. The number of hydrogen-bond donors (Lipinski definition) is 0. The van der Waals surface area contributed by atoms with Gasteiger partial charge in [-0.3, -0.25) is 4.79 Å². The van der Waals surface area contributed by atoms with Crippen molar-refractivity contribution >= 4 is 5.91 Å². The van der Waals surface area contributed by atoms with Crippen LogP contribution in [0.15, 0.2) is 54.6 Å². The van der Waals surface area contributed by atoms with Crippen molar-refractivity contribution in [1.29, 1.82) is 0 Å². The fourth-order valence-corrected chi connectivity index (χ4v) is 4.65. The highest BCUT2D eigenvalue weighted by atomic mass is 16.5. The van der Waals surface area contributed by atoms with Crippen LogP contribution >= 0.6 is 0 Å². The molecule has 3 aromatic rings. The van der Waals surface area contributed by atoms with Crippen molar-refractivity contribution in [2.45, 2.75) is 51.0 Å². The Morgan fingerprint density at radius 3 is 2.52 bits per heavy atom. The molecule has 0 spiro atoms. The third-order valence-corrected chi connectivity index (χ3v) is 6.29. The molecule has 6 heteroatoms. The molecule has 5 rings (SSSR count). The Morgan fingerprint density at radius 2 is 1.68 bits per heavy atom. The summed E-state index contributed by atoms with van der Waals surface area (Å²) < 4.78 is 8.17. The average Bonchev–Trinajstić information content (AvgIpc) is 3.08. The Hall–Kier alpha value is -3.15. The number of hydrogen-bond acceptors (Lipinski definition) is 4. The van der Waals surface area contributed by atoms with Crippen molar-refractivity contribution in [1.82, 2.24) is 19.7 Å². The van der Waals surface area contributed by atoms with Gasteiger partial charge in [-0.2, -0.15) is 0 Å². The fourth-order valence-electron chi connectivity index (χ4n) is 4.65. The van der Waals surface area contributed by atoms with Crippen molar-refractivity contribution in [3.05, 3.63) is 71.8 Å². The van der Waals surface area contributed by atoms with Crippen LogP contribution in [-0.2, 0) is 13.0 Å². The number of ether oxygens (including phenoxy) is 1. The maximum Gasteiger partial charge on any atom is 0.253 e. The van der Waals surface area contributed by atoms with E-state index in [2.05, 4.69) is 14.8 Å². The number of piperidine rings is 1. The smallest absolute Gasteiger partial charge is 0.253 e. The molecule has 0 aliphatic carbocycles. The van der Waals surface area contributed by atoms with E-state index in [1.165, 1.54) is 19.3 Å². The zero-order valence-electron chi connectivity index (χ0n) is 17.7. The second-order valence-corrected chi connectivity index (χ2v) is 8.47. The number of fused-ring (bicyclic) bond motifs is 1. The molecule has 1 unspecified atom stereocenters. The van der Waals surface area contributed by atoms with Gasteiger partial charge in [-0.25, -0.2) is 0 Å². The second-order valence-electron chi connectivity index (χ2n) is 8.47. The minimum absolute atomic E-state index is 0.0755. The Labute approximate surface area is 182 Å². The summed E-state index contributed by atoms with van der Waals surface area (Å²) in [6, 6.07) is 17.1. The predicted octanol–water partition coefficient (Wildman–Crippen LogP) is 4.82. The lowest BCUT2D eigenvalue weighted by atomic mass is 9.96. The van der Waals surface area contributed by atoms with Crippen LogP contribution in [0.2, 0.25) is 0 Å². The van der Waals surface area contributed by atoms with E-state index in [1.54, 1.807) is 0 Å². The van der Waals surface area contributed by atoms with Gasteiger partial charge in [-0.15, -0.1) is 10.2 Å². The Kier molecular flexibility index (Phi) is 5.69. The summed E-state index contributed by atoms with van der Waals surface area (Å²) in [5, 5.41) is 9.00. The molecule has 1 aromatic heterocycles. The largest absolute Gasteiger partial charge is 0.457 e. The van der Waals surface area contributed by atoms with E-state index in [0.717, 1.165) is 55.5 Å². The standard InChI is InChI=1S/C25H28N4O2/c30-25(19-12-14-22(15-13-19)31-21-9-3-1-4-10-21)28-16-7-8-20(18-28)24-27-26-23-11-5-2-6-17-29(23)24/h1,3-4,9-10,12-15,20H,2,5-8,11,16-18H2. The molecule has 3 heterocycles. The van der Waals surface area contributed by atoms with Gasteiger partial charge in [0.15, 0.2) is 0 Å².